The molecule has 1 aromatic rings. The van der Waals surface area contributed by atoms with Crippen LogP contribution in [0.25, 0.3) is 0 Å². The Morgan fingerprint density at radius 3 is 2.00 bits per heavy atom. The van der Waals surface area contributed by atoms with Crippen molar-refractivity contribution in [2.75, 3.05) is 26.7 Å². The summed E-state index contributed by atoms with van der Waals surface area (Å²) in [4.78, 5) is 14.2. The molecule has 2 rings (SSSR count). The molecule has 1 heterocycles. The number of hydrogen-bond donors (Lipinski definition) is 1. The van der Waals surface area contributed by atoms with Gasteiger partial charge in [-0.05, 0) is 63.5 Å². The highest BCUT2D eigenvalue weighted by atomic mass is 19.4. The highest BCUT2D eigenvalue weighted by Crippen LogP contribution is 2.36. The first kappa shape index (κ1) is 20.5. The van der Waals surface area contributed by atoms with E-state index in [1.54, 1.807) is 0 Å². The van der Waals surface area contributed by atoms with Gasteiger partial charge in [0.15, 0.2) is 0 Å². The van der Waals surface area contributed by atoms with Crippen LogP contribution < -0.4 is 5.32 Å². The second-order valence-corrected chi connectivity index (χ2v) is 6.59. The minimum atomic E-state index is -4.97. The third-order valence-corrected chi connectivity index (χ3v) is 4.53. The largest absolute Gasteiger partial charge is 0.416 e. The number of likely N-dealkylation sites (tertiary alicyclic amines) is 1. The molecule has 146 valence electrons. The number of alkyl halides is 6. The zero-order valence-electron chi connectivity index (χ0n) is 14.2. The summed E-state index contributed by atoms with van der Waals surface area (Å²) in [5, 5.41) is 2.43. The average molecular weight is 382 g/mol. The first-order chi connectivity index (χ1) is 12.0. The number of amides is 1. The molecule has 0 unspecified atom stereocenters. The Balaban J connectivity index is 2.05. The molecule has 0 aliphatic carbocycles. The third-order valence-electron chi connectivity index (χ3n) is 4.53. The van der Waals surface area contributed by atoms with Crippen molar-refractivity contribution in [3.05, 3.63) is 34.9 Å². The van der Waals surface area contributed by atoms with Gasteiger partial charge >= 0.3 is 12.4 Å². The highest BCUT2D eigenvalue weighted by molar-refractivity contribution is 5.94. The van der Waals surface area contributed by atoms with Crippen molar-refractivity contribution < 1.29 is 31.1 Å². The molecule has 3 nitrogen and oxygen atoms in total. The van der Waals surface area contributed by atoms with Crippen LogP contribution >= 0.6 is 0 Å². The molecule has 1 aliphatic rings. The van der Waals surface area contributed by atoms with Gasteiger partial charge < -0.3 is 10.2 Å². The molecule has 0 aromatic heterocycles. The summed E-state index contributed by atoms with van der Waals surface area (Å²) in [6.45, 7) is 2.08. The van der Waals surface area contributed by atoms with E-state index in [9.17, 15) is 31.1 Å². The maximum absolute atomic E-state index is 12.8. The SMILES string of the molecule is CN1CCC(CCNC(=O)c2cc(C(F)(F)F)cc(C(F)(F)F)c2)CC1. The summed E-state index contributed by atoms with van der Waals surface area (Å²) >= 11 is 0. The molecule has 26 heavy (non-hydrogen) atoms. The zero-order valence-corrected chi connectivity index (χ0v) is 14.2. The smallest absolute Gasteiger partial charge is 0.352 e. The van der Waals surface area contributed by atoms with Gasteiger partial charge in [0.05, 0.1) is 11.1 Å². The van der Waals surface area contributed by atoms with E-state index >= 15 is 0 Å². The first-order valence-electron chi connectivity index (χ1n) is 8.23. The summed E-state index contributed by atoms with van der Waals surface area (Å²) in [7, 11) is 2.00. The van der Waals surface area contributed by atoms with Crippen LogP contribution in [0.1, 0.15) is 40.7 Å². The van der Waals surface area contributed by atoms with Gasteiger partial charge in [0.25, 0.3) is 5.91 Å². The maximum atomic E-state index is 12.8. The van der Waals surface area contributed by atoms with Gasteiger partial charge in [-0.25, -0.2) is 0 Å². The van der Waals surface area contributed by atoms with Crippen molar-refractivity contribution >= 4 is 5.91 Å². The number of rotatable bonds is 4. The second-order valence-electron chi connectivity index (χ2n) is 6.59. The number of piperidine rings is 1. The molecule has 9 heteroatoms. The molecule has 1 fully saturated rings. The first-order valence-corrected chi connectivity index (χ1v) is 8.23. The number of hydrogen-bond acceptors (Lipinski definition) is 2. The lowest BCUT2D eigenvalue weighted by atomic mass is 9.94. The molecule has 0 atom stereocenters. The lowest BCUT2D eigenvalue weighted by Gasteiger charge is -2.28. The molecule has 0 bridgehead atoms. The molecule has 0 saturated carbocycles. The van der Waals surface area contributed by atoms with Gasteiger partial charge in [0.1, 0.15) is 0 Å². The van der Waals surface area contributed by atoms with Crippen LogP contribution in [0.3, 0.4) is 0 Å². The topological polar surface area (TPSA) is 32.3 Å². The molecule has 0 radical (unpaired) electrons. The summed E-state index contributed by atoms with van der Waals surface area (Å²) < 4.78 is 76.9. The van der Waals surface area contributed by atoms with Crippen molar-refractivity contribution in [2.24, 2.45) is 5.92 Å². The maximum Gasteiger partial charge on any atom is 0.416 e. The van der Waals surface area contributed by atoms with Crippen LogP contribution in [0.2, 0.25) is 0 Å². The predicted octanol–water partition coefficient (Wildman–Crippen LogP) is 4.19. The van der Waals surface area contributed by atoms with E-state index in [-0.39, 0.29) is 12.6 Å². The fraction of sp³-hybridized carbons (Fsp3) is 0.588. The van der Waals surface area contributed by atoms with E-state index in [0.717, 1.165) is 25.9 Å². The molecule has 1 N–H and O–H groups in total. The van der Waals surface area contributed by atoms with Crippen molar-refractivity contribution in [3.8, 4) is 0 Å². The molecular weight excluding hydrogens is 362 g/mol. The molecule has 0 spiro atoms. The number of benzene rings is 1. The van der Waals surface area contributed by atoms with Crippen LogP contribution in [0.4, 0.5) is 26.3 Å². The van der Waals surface area contributed by atoms with E-state index in [0.29, 0.717) is 24.5 Å². The van der Waals surface area contributed by atoms with Crippen LogP contribution in [-0.4, -0.2) is 37.5 Å². The van der Waals surface area contributed by atoms with E-state index in [2.05, 4.69) is 10.2 Å². The number of carbonyl (C=O) groups is 1. The Hall–Kier alpha value is -1.77. The fourth-order valence-electron chi connectivity index (χ4n) is 2.93. The van der Waals surface area contributed by atoms with Crippen LogP contribution in [0, 0.1) is 5.92 Å². The minimum Gasteiger partial charge on any atom is -0.352 e. The standard InChI is InChI=1S/C17H20F6N2O/c1-25-6-3-11(4-7-25)2-5-24-15(26)12-8-13(16(18,19)20)10-14(9-12)17(21,22)23/h8-11H,2-7H2,1H3,(H,24,26). The van der Waals surface area contributed by atoms with Gasteiger partial charge in [-0.3, -0.25) is 4.79 Å². The summed E-state index contributed by atoms with van der Waals surface area (Å²) in [6, 6.07) is 0.898. The Labute approximate surface area is 147 Å². The van der Waals surface area contributed by atoms with E-state index in [1.807, 2.05) is 7.05 Å². The number of carbonyl (C=O) groups excluding carboxylic acids is 1. The van der Waals surface area contributed by atoms with E-state index < -0.39 is 35.0 Å². The van der Waals surface area contributed by atoms with Crippen molar-refractivity contribution in [1.82, 2.24) is 10.2 Å². The summed E-state index contributed by atoms with van der Waals surface area (Å²) in [5.41, 5.74) is -3.63. The quantitative estimate of drug-likeness (QED) is 0.793. The molecule has 1 saturated heterocycles. The van der Waals surface area contributed by atoms with E-state index in [4.69, 9.17) is 0 Å². The Kier molecular flexibility index (Phi) is 6.21. The Morgan fingerprint density at radius 2 is 1.54 bits per heavy atom. The van der Waals surface area contributed by atoms with Gasteiger partial charge in [0.2, 0.25) is 0 Å². The average Bonchev–Trinajstić information content (AvgIpc) is 2.54. The highest BCUT2D eigenvalue weighted by Gasteiger charge is 2.37. The van der Waals surface area contributed by atoms with Crippen LogP contribution in [0.15, 0.2) is 18.2 Å². The van der Waals surface area contributed by atoms with Crippen molar-refractivity contribution in [1.29, 1.82) is 0 Å². The fourth-order valence-corrected chi connectivity index (χ4v) is 2.93. The predicted molar refractivity (Wildman–Crippen MR) is 83.6 cm³/mol. The zero-order chi connectivity index (χ0) is 19.5. The normalized spacial score (nSPS) is 17.3. The Bertz CT molecular complexity index is 601. The molecular formula is C17H20F6N2O. The number of nitrogens with zero attached hydrogens (tertiary/aromatic N) is 1. The second kappa shape index (κ2) is 7.85. The minimum absolute atomic E-state index is 0.00923. The van der Waals surface area contributed by atoms with E-state index in [1.165, 1.54) is 0 Å². The lowest BCUT2D eigenvalue weighted by molar-refractivity contribution is -0.143. The van der Waals surface area contributed by atoms with Crippen LogP contribution in [-0.2, 0) is 12.4 Å². The Morgan fingerprint density at radius 1 is 1.04 bits per heavy atom. The monoisotopic (exact) mass is 382 g/mol. The summed E-state index contributed by atoms with van der Waals surface area (Å²) in [5.74, 6) is -0.548. The molecule has 1 aliphatic heterocycles. The molecule has 1 amide bonds. The van der Waals surface area contributed by atoms with Crippen molar-refractivity contribution in [2.45, 2.75) is 31.6 Å². The molecule has 1 aromatic carbocycles. The van der Waals surface area contributed by atoms with Gasteiger partial charge in [0, 0.05) is 12.1 Å². The van der Waals surface area contributed by atoms with Gasteiger partial charge in [-0.15, -0.1) is 0 Å². The number of nitrogens with one attached hydrogen (secondary N) is 1. The van der Waals surface area contributed by atoms with Crippen LogP contribution in [0.5, 0.6) is 0 Å². The lowest BCUT2D eigenvalue weighted by Crippen LogP contribution is -2.32. The van der Waals surface area contributed by atoms with Gasteiger partial charge in [-0.1, -0.05) is 0 Å². The third kappa shape index (κ3) is 5.62. The number of halogens is 6. The van der Waals surface area contributed by atoms with Gasteiger partial charge in [-0.2, -0.15) is 26.3 Å². The summed E-state index contributed by atoms with van der Waals surface area (Å²) in [6.07, 6.45) is -7.39. The van der Waals surface area contributed by atoms with Crippen molar-refractivity contribution in [3.63, 3.8) is 0 Å².